The van der Waals surface area contributed by atoms with Crippen LogP contribution in [0.2, 0.25) is 0 Å². The van der Waals surface area contributed by atoms with Crippen molar-refractivity contribution in [2.24, 2.45) is 23.0 Å². The molecule has 0 radical (unpaired) electrons. The third-order valence-electron chi connectivity index (χ3n) is 3.54. The van der Waals surface area contributed by atoms with E-state index in [0.29, 0.717) is 17.3 Å². The summed E-state index contributed by atoms with van der Waals surface area (Å²) in [4.78, 5) is 0. The Labute approximate surface area is 94.3 Å². The Morgan fingerprint density at radius 1 is 1.40 bits per heavy atom. The number of hydrogen-bond acceptors (Lipinski definition) is 2. The Balaban J connectivity index is 2.14. The highest BCUT2D eigenvalue weighted by atomic mass is 14.9. The lowest BCUT2D eigenvalue weighted by Crippen LogP contribution is -2.32. The zero-order valence-electron chi connectivity index (χ0n) is 10.6. The van der Waals surface area contributed by atoms with Crippen molar-refractivity contribution in [3.05, 3.63) is 12.2 Å². The van der Waals surface area contributed by atoms with Crippen molar-refractivity contribution in [2.75, 3.05) is 13.1 Å². The molecule has 1 aliphatic carbocycles. The Hall–Kier alpha value is -0.340. The molecule has 15 heavy (non-hydrogen) atoms. The van der Waals surface area contributed by atoms with Gasteiger partial charge in [0.05, 0.1) is 0 Å². The molecule has 0 aromatic heterocycles. The first-order valence-electron chi connectivity index (χ1n) is 6.04. The van der Waals surface area contributed by atoms with E-state index in [9.17, 15) is 0 Å². The molecule has 3 unspecified atom stereocenters. The molecule has 1 aliphatic rings. The smallest absolute Gasteiger partial charge is 0.0229 e. The van der Waals surface area contributed by atoms with Gasteiger partial charge in [-0.3, -0.25) is 0 Å². The Kier molecular flexibility index (Phi) is 4.35. The predicted molar refractivity (Wildman–Crippen MR) is 66.7 cm³/mol. The standard InChI is InChI=1S/C13H26N2/c1-10(13(2,3)4)8-15-9-11-5-6-12(14)7-11/h5-6,10-12,15H,7-9,14H2,1-4H3. The molecule has 0 aliphatic heterocycles. The SMILES string of the molecule is CC(CNCC1C=CC(N)C1)C(C)(C)C. The molecule has 0 saturated heterocycles. The van der Waals surface area contributed by atoms with Gasteiger partial charge in [-0.2, -0.15) is 0 Å². The minimum absolute atomic E-state index is 0.289. The monoisotopic (exact) mass is 210 g/mol. The average molecular weight is 210 g/mol. The Morgan fingerprint density at radius 2 is 2.07 bits per heavy atom. The summed E-state index contributed by atoms with van der Waals surface area (Å²) >= 11 is 0. The summed E-state index contributed by atoms with van der Waals surface area (Å²) in [6.07, 6.45) is 5.48. The minimum Gasteiger partial charge on any atom is -0.324 e. The van der Waals surface area contributed by atoms with Crippen LogP contribution < -0.4 is 11.1 Å². The van der Waals surface area contributed by atoms with Crippen LogP contribution in [0.25, 0.3) is 0 Å². The maximum atomic E-state index is 5.81. The highest BCUT2D eigenvalue weighted by molar-refractivity contribution is 5.05. The Bertz CT molecular complexity index is 215. The molecule has 0 aromatic carbocycles. The van der Waals surface area contributed by atoms with Gasteiger partial charge in [-0.25, -0.2) is 0 Å². The second kappa shape index (κ2) is 5.13. The largest absolute Gasteiger partial charge is 0.324 e. The van der Waals surface area contributed by atoms with Gasteiger partial charge in [-0.05, 0) is 30.2 Å². The minimum atomic E-state index is 0.289. The normalized spacial score (nSPS) is 28.3. The molecule has 0 heterocycles. The zero-order chi connectivity index (χ0) is 11.5. The summed E-state index contributed by atoms with van der Waals surface area (Å²) in [6.45, 7) is 11.4. The molecular formula is C13H26N2. The summed E-state index contributed by atoms with van der Waals surface area (Å²) < 4.78 is 0. The predicted octanol–water partition coefficient (Wildman–Crippen LogP) is 2.16. The maximum absolute atomic E-state index is 5.81. The van der Waals surface area contributed by atoms with Gasteiger partial charge in [0.2, 0.25) is 0 Å². The van der Waals surface area contributed by atoms with E-state index in [-0.39, 0.29) is 6.04 Å². The van der Waals surface area contributed by atoms with Crippen LogP contribution in [0.1, 0.15) is 34.1 Å². The van der Waals surface area contributed by atoms with Crippen LogP contribution in [-0.4, -0.2) is 19.1 Å². The van der Waals surface area contributed by atoms with Crippen molar-refractivity contribution in [2.45, 2.75) is 40.2 Å². The van der Waals surface area contributed by atoms with Crippen LogP contribution in [0, 0.1) is 17.3 Å². The van der Waals surface area contributed by atoms with Crippen molar-refractivity contribution in [3.8, 4) is 0 Å². The first-order valence-corrected chi connectivity index (χ1v) is 6.04. The molecule has 2 heteroatoms. The van der Waals surface area contributed by atoms with Gasteiger partial charge >= 0.3 is 0 Å². The number of hydrogen-bond donors (Lipinski definition) is 2. The topological polar surface area (TPSA) is 38.0 Å². The number of rotatable bonds is 4. The van der Waals surface area contributed by atoms with E-state index < -0.39 is 0 Å². The first-order chi connectivity index (χ1) is 6.89. The van der Waals surface area contributed by atoms with Crippen LogP contribution >= 0.6 is 0 Å². The van der Waals surface area contributed by atoms with E-state index in [4.69, 9.17) is 5.73 Å². The summed E-state index contributed by atoms with van der Waals surface area (Å²) in [5, 5.41) is 3.55. The first kappa shape index (κ1) is 12.7. The van der Waals surface area contributed by atoms with Crippen molar-refractivity contribution < 1.29 is 0 Å². The lowest BCUT2D eigenvalue weighted by Gasteiger charge is -2.27. The fraction of sp³-hybridized carbons (Fsp3) is 0.846. The fourth-order valence-corrected chi connectivity index (χ4v) is 1.75. The van der Waals surface area contributed by atoms with E-state index >= 15 is 0 Å². The summed E-state index contributed by atoms with van der Waals surface area (Å²) in [7, 11) is 0. The van der Waals surface area contributed by atoms with Crippen molar-refractivity contribution in [1.82, 2.24) is 5.32 Å². The molecule has 3 N–H and O–H groups in total. The second-order valence-corrected chi connectivity index (χ2v) is 5.97. The third-order valence-corrected chi connectivity index (χ3v) is 3.54. The van der Waals surface area contributed by atoms with E-state index in [0.717, 1.165) is 19.5 Å². The molecule has 0 aromatic rings. The van der Waals surface area contributed by atoms with Gasteiger partial charge in [-0.15, -0.1) is 0 Å². The van der Waals surface area contributed by atoms with Gasteiger partial charge in [-0.1, -0.05) is 39.8 Å². The fourth-order valence-electron chi connectivity index (χ4n) is 1.75. The molecule has 0 bridgehead atoms. The molecule has 1 rings (SSSR count). The molecule has 3 atom stereocenters. The van der Waals surface area contributed by atoms with Gasteiger partial charge in [0.15, 0.2) is 0 Å². The van der Waals surface area contributed by atoms with Gasteiger partial charge < -0.3 is 11.1 Å². The number of nitrogens with one attached hydrogen (secondary N) is 1. The van der Waals surface area contributed by atoms with E-state index in [1.807, 2.05) is 0 Å². The van der Waals surface area contributed by atoms with Crippen molar-refractivity contribution in [3.63, 3.8) is 0 Å². The summed E-state index contributed by atoms with van der Waals surface area (Å²) in [6, 6.07) is 0.289. The van der Waals surface area contributed by atoms with Crippen LogP contribution in [0.15, 0.2) is 12.2 Å². The molecule has 0 amide bonds. The van der Waals surface area contributed by atoms with Gasteiger partial charge in [0, 0.05) is 12.6 Å². The quantitative estimate of drug-likeness (QED) is 0.698. The zero-order valence-corrected chi connectivity index (χ0v) is 10.6. The Morgan fingerprint density at radius 3 is 2.53 bits per heavy atom. The molecule has 2 nitrogen and oxygen atoms in total. The maximum Gasteiger partial charge on any atom is 0.0229 e. The van der Waals surface area contributed by atoms with Gasteiger partial charge in [0.25, 0.3) is 0 Å². The second-order valence-electron chi connectivity index (χ2n) is 5.97. The highest BCUT2D eigenvalue weighted by Gasteiger charge is 2.20. The van der Waals surface area contributed by atoms with Crippen LogP contribution in [0.4, 0.5) is 0 Å². The van der Waals surface area contributed by atoms with E-state index in [1.54, 1.807) is 0 Å². The molecule has 0 saturated carbocycles. The van der Waals surface area contributed by atoms with Gasteiger partial charge in [0.1, 0.15) is 0 Å². The van der Waals surface area contributed by atoms with E-state index in [1.165, 1.54) is 0 Å². The average Bonchev–Trinajstić information content (AvgIpc) is 2.49. The number of nitrogens with two attached hydrogens (primary N) is 1. The summed E-state index contributed by atoms with van der Waals surface area (Å²) in [5.41, 5.74) is 6.21. The van der Waals surface area contributed by atoms with Crippen LogP contribution in [0.5, 0.6) is 0 Å². The highest BCUT2D eigenvalue weighted by Crippen LogP contribution is 2.24. The van der Waals surface area contributed by atoms with Crippen LogP contribution in [0.3, 0.4) is 0 Å². The molecular weight excluding hydrogens is 184 g/mol. The lowest BCUT2D eigenvalue weighted by molar-refractivity contribution is 0.250. The molecule has 0 fully saturated rings. The molecule has 88 valence electrons. The lowest BCUT2D eigenvalue weighted by atomic mass is 9.82. The van der Waals surface area contributed by atoms with Crippen molar-refractivity contribution in [1.29, 1.82) is 0 Å². The molecule has 0 spiro atoms. The van der Waals surface area contributed by atoms with E-state index in [2.05, 4.69) is 45.2 Å². The third kappa shape index (κ3) is 4.35. The summed E-state index contributed by atoms with van der Waals surface area (Å²) in [5.74, 6) is 1.35. The van der Waals surface area contributed by atoms with Crippen LogP contribution in [-0.2, 0) is 0 Å². The van der Waals surface area contributed by atoms with Crippen molar-refractivity contribution >= 4 is 0 Å².